The predicted octanol–water partition coefficient (Wildman–Crippen LogP) is -0.387. The van der Waals surface area contributed by atoms with Gasteiger partial charge in [-0.3, -0.25) is 0 Å². The standard InChI is InChI=1S/C18H14ClNO5SSe/c1-24-15-10-12(11-18-20-14-7-3-4-8-16(14)26-18)27(25-19(21,22)23)17-9-5-2-6-13(15)17/h2-11,20H,1H3/b18-11+. The molecule has 0 aliphatic carbocycles. The van der Waals surface area contributed by atoms with Gasteiger partial charge in [0.05, 0.1) is 0 Å². The van der Waals surface area contributed by atoms with Gasteiger partial charge in [-0.15, -0.1) is 0 Å². The molecular formula is C18H14ClNO5SSe. The van der Waals surface area contributed by atoms with Crippen molar-refractivity contribution in [2.24, 2.45) is 0 Å². The number of nitrogens with one attached hydrogen (secondary N) is 1. The van der Waals surface area contributed by atoms with Crippen LogP contribution in [0.4, 0.5) is 5.69 Å². The van der Waals surface area contributed by atoms with Gasteiger partial charge in [0, 0.05) is 0 Å². The summed E-state index contributed by atoms with van der Waals surface area (Å²) in [7, 11) is -3.00. The summed E-state index contributed by atoms with van der Waals surface area (Å²) in [6, 6.07) is 15.1. The summed E-state index contributed by atoms with van der Waals surface area (Å²) in [5, 5.41) is 4.12. The number of halogens is 1. The predicted molar refractivity (Wildman–Crippen MR) is 96.9 cm³/mol. The molecule has 0 radical (unpaired) electrons. The van der Waals surface area contributed by atoms with Gasteiger partial charge in [-0.2, -0.15) is 0 Å². The molecule has 1 atom stereocenters. The van der Waals surface area contributed by atoms with Gasteiger partial charge < -0.3 is 0 Å². The van der Waals surface area contributed by atoms with Crippen molar-refractivity contribution in [2.75, 3.05) is 12.4 Å². The molecule has 27 heavy (non-hydrogen) atoms. The van der Waals surface area contributed by atoms with E-state index in [1.165, 1.54) is 11.8 Å². The number of para-hydroxylation sites is 1. The first kappa shape index (κ1) is 18.7. The van der Waals surface area contributed by atoms with E-state index in [9.17, 15) is 14.0 Å². The summed E-state index contributed by atoms with van der Waals surface area (Å²) < 4.78 is 45.8. The molecular weight excluding hydrogens is 457 g/mol. The van der Waals surface area contributed by atoms with Crippen molar-refractivity contribution in [3.05, 3.63) is 71.3 Å². The first-order valence-electron chi connectivity index (χ1n) is 7.77. The molecule has 0 amide bonds. The first-order valence-corrected chi connectivity index (χ1v) is 12.2. The Morgan fingerprint density at radius 1 is 1.07 bits per heavy atom. The minimum absolute atomic E-state index is 0.599. The van der Waals surface area contributed by atoms with Crippen LogP contribution in [-0.2, 0) is 8.11 Å². The number of anilines is 1. The monoisotopic (exact) mass is 471 g/mol. The quantitative estimate of drug-likeness (QED) is 0.608. The fourth-order valence-electron chi connectivity index (χ4n) is 2.76. The molecule has 2 aromatic rings. The molecule has 0 bridgehead atoms. The van der Waals surface area contributed by atoms with E-state index in [0.29, 0.717) is 14.6 Å². The molecule has 2 aromatic carbocycles. The van der Waals surface area contributed by atoms with Crippen LogP contribution in [0.25, 0.3) is 5.76 Å². The van der Waals surface area contributed by atoms with E-state index < -0.39 is 24.0 Å². The number of fused-ring (bicyclic) bond motifs is 2. The average Bonchev–Trinajstić information content (AvgIpc) is 3.05. The van der Waals surface area contributed by atoms with Crippen LogP contribution in [0.15, 0.2) is 70.6 Å². The topological polar surface area (TPSA) is 99.7 Å². The normalized spacial score (nSPS) is 20.0. The Morgan fingerprint density at radius 2 is 1.81 bits per heavy atom. The summed E-state index contributed by atoms with van der Waals surface area (Å²) in [6.07, 6.45) is 3.57. The van der Waals surface area contributed by atoms with Crippen molar-refractivity contribution >= 4 is 45.9 Å². The molecule has 0 saturated carbocycles. The van der Waals surface area contributed by atoms with Crippen molar-refractivity contribution in [3.63, 3.8) is 0 Å². The van der Waals surface area contributed by atoms with Crippen LogP contribution >= 0.6 is 11.8 Å². The van der Waals surface area contributed by atoms with Crippen LogP contribution in [0.5, 0.6) is 0 Å². The third kappa shape index (κ3) is 3.99. The van der Waals surface area contributed by atoms with Crippen molar-refractivity contribution in [2.45, 2.75) is 4.90 Å². The van der Waals surface area contributed by atoms with Gasteiger partial charge in [0.15, 0.2) is 0 Å². The van der Waals surface area contributed by atoms with Crippen molar-refractivity contribution in [1.29, 1.82) is 0 Å². The third-order valence-corrected chi connectivity index (χ3v) is 9.88. The average molecular weight is 471 g/mol. The second-order valence-electron chi connectivity index (χ2n) is 5.55. The molecule has 0 saturated heterocycles. The Labute approximate surface area is 166 Å². The van der Waals surface area contributed by atoms with Crippen molar-refractivity contribution < 1.29 is 32.3 Å². The number of rotatable bonds is 4. The summed E-state index contributed by atoms with van der Waals surface area (Å²) in [5.41, 5.74) is 1.72. The molecule has 9 heteroatoms. The fraction of sp³-hybridized carbons (Fsp3) is 0.0556. The number of hydrogen-bond acceptors (Lipinski definition) is 7. The van der Waals surface area contributed by atoms with Gasteiger partial charge in [-0.05, 0) is 0 Å². The molecule has 2 heterocycles. The Hall–Kier alpha value is -1.61. The summed E-state index contributed by atoms with van der Waals surface area (Å²) in [4.78, 5) is 1.07. The Bertz CT molecular complexity index is 972. The molecule has 1 N–H and O–H groups in total. The van der Waals surface area contributed by atoms with Gasteiger partial charge >= 0.3 is 167 Å². The molecule has 0 fully saturated rings. The Morgan fingerprint density at radius 3 is 2.56 bits per heavy atom. The molecule has 140 valence electrons. The number of benzene rings is 2. The maximum absolute atomic E-state index is 11.3. The molecule has 2 aliphatic rings. The molecule has 6 nitrogen and oxygen atoms in total. The Kier molecular flexibility index (Phi) is 5.15. The van der Waals surface area contributed by atoms with Gasteiger partial charge in [-0.1, -0.05) is 0 Å². The van der Waals surface area contributed by atoms with Crippen molar-refractivity contribution in [3.8, 4) is 0 Å². The SMILES string of the molecule is COC1=CC(/C=C2\Nc3ccccc3S2)=[Se](O[Cl+3]([O-])([O-])[O-])c2ccccc21. The molecule has 0 aromatic heterocycles. The van der Waals surface area contributed by atoms with Gasteiger partial charge in [0.25, 0.3) is 0 Å². The second kappa shape index (κ2) is 7.43. The number of hydrogen-bond donors (Lipinski definition) is 1. The molecule has 1 unspecified atom stereocenters. The molecule has 4 rings (SSSR count). The van der Waals surface area contributed by atoms with Crippen LogP contribution in [0.2, 0.25) is 0 Å². The van der Waals surface area contributed by atoms with E-state index in [1.807, 2.05) is 42.5 Å². The zero-order chi connectivity index (χ0) is 19.0. The van der Waals surface area contributed by atoms with E-state index >= 15 is 0 Å². The first-order chi connectivity index (χ1) is 12.9. The van der Waals surface area contributed by atoms with E-state index in [-0.39, 0.29) is 0 Å². The maximum atomic E-state index is 11.3. The van der Waals surface area contributed by atoms with Crippen LogP contribution in [0.3, 0.4) is 0 Å². The Balaban J connectivity index is 1.82. The van der Waals surface area contributed by atoms with Crippen molar-refractivity contribution in [1.82, 2.24) is 0 Å². The minimum atomic E-state index is -4.55. The summed E-state index contributed by atoms with van der Waals surface area (Å²) in [6.45, 7) is 0. The number of methoxy groups -OCH3 is 1. The zero-order valence-electron chi connectivity index (χ0n) is 14.0. The van der Waals surface area contributed by atoms with E-state index in [1.54, 1.807) is 25.3 Å². The summed E-state index contributed by atoms with van der Waals surface area (Å²) >= 11 is -1.05. The van der Waals surface area contributed by atoms with Crippen LogP contribution in [-0.4, -0.2) is 25.3 Å². The van der Waals surface area contributed by atoms with Gasteiger partial charge in [0.2, 0.25) is 0 Å². The molecule has 0 spiro atoms. The van der Waals surface area contributed by atoms with E-state index in [0.717, 1.165) is 21.2 Å². The van der Waals surface area contributed by atoms with Gasteiger partial charge in [0.1, 0.15) is 0 Å². The third-order valence-electron chi connectivity index (χ3n) is 3.84. The van der Waals surface area contributed by atoms with Gasteiger partial charge in [-0.25, -0.2) is 0 Å². The number of allylic oxidation sites excluding steroid dienone is 2. The second-order valence-corrected chi connectivity index (χ2v) is 11.4. The fourth-order valence-corrected chi connectivity index (χ4v) is 8.69. The van der Waals surface area contributed by atoms with E-state index in [2.05, 4.69) is 5.32 Å². The summed E-state index contributed by atoms with van der Waals surface area (Å²) in [5.74, 6) is 0.599. The van der Waals surface area contributed by atoms with Crippen LogP contribution in [0.1, 0.15) is 5.56 Å². The zero-order valence-corrected chi connectivity index (χ0v) is 17.3. The molecule has 2 aliphatic heterocycles. The number of ether oxygens (including phenoxy) is 1. The van der Waals surface area contributed by atoms with Crippen LogP contribution < -0.4 is 23.8 Å². The van der Waals surface area contributed by atoms with E-state index in [4.69, 9.17) is 8.11 Å². The van der Waals surface area contributed by atoms with Crippen LogP contribution in [0, 0.1) is 10.2 Å². The number of thioether (sulfide) groups is 1.